The van der Waals surface area contributed by atoms with Gasteiger partial charge in [-0.1, -0.05) is 26.8 Å². The van der Waals surface area contributed by atoms with E-state index in [-0.39, 0.29) is 11.2 Å². The largest absolute Gasteiger partial charge is 0.507 e. The number of aryl methyl sites for hydroxylation is 1. The van der Waals surface area contributed by atoms with Crippen LogP contribution in [0.2, 0.25) is 0 Å². The standard InChI is InChI=1S/C11H15O/c1-8-5-6-10(12)9(7-8)11(2,3)4/h5,7,12H,1-4H3. The maximum Gasteiger partial charge on any atom is 0.127 e. The normalized spacial score (nSPS) is 11.7. The van der Waals surface area contributed by atoms with E-state index in [1.54, 1.807) is 6.07 Å². The van der Waals surface area contributed by atoms with Crippen LogP contribution in [0.15, 0.2) is 12.1 Å². The highest BCUT2D eigenvalue weighted by Gasteiger charge is 2.17. The van der Waals surface area contributed by atoms with E-state index in [1.807, 2.05) is 13.0 Å². The zero-order chi connectivity index (χ0) is 9.35. The fourth-order valence-corrected chi connectivity index (χ4v) is 1.17. The van der Waals surface area contributed by atoms with Crippen LogP contribution in [0.4, 0.5) is 0 Å². The Morgan fingerprint density at radius 3 is 2.33 bits per heavy atom. The molecule has 1 nitrogen and oxygen atoms in total. The van der Waals surface area contributed by atoms with Crippen molar-refractivity contribution in [1.82, 2.24) is 0 Å². The molecule has 0 aromatic heterocycles. The Kier molecular flexibility index (Phi) is 2.14. The summed E-state index contributed by atoms with van der Waals surface area (Å²) in [4.78, 5) is 0. The monoisotopic (exact) mass is 163 g/mol. The predicted octanol–water partition coefficient (Wildman–Crippen LogP) is 2.80. The lowest BCUT2D eigenvalue weighted by Crippen LogP contribution is -2.11. The van der Waals surface area contributed by atoms with E-state index in [1.165, 1.54) is 0 Å². The van der Waals surface area contributed by atoms with Gasteiger partial charge in [-0.05, 0) is 24.0 Å². The summed E-state index contributed by atoms with van der Waals surface area (Å²) in [6.45, 7) is 8.24. The van der Waals surface area contributed by atoms with Crippen molar-refractivity contribution in [3.05, 3.63) is 29.3 Å². The van der Waals surface area contributed by atoms with Crippen LogP contribution in [0.1, 0.15) is 31.9 Å². The Hall–Kier alpha value is -0.980. The lowest BCUT2D eigenvalue weighted by molar-refractivity contribution is 0.445. The Balaban J connectivity index is 3.23. The first-order chi connectivity index (χ1) is 5.41. The highest BCUT2D eigenvalue weighted by atomic mass is 16.3. The molecule has 0 saturated heterocycles. The molecule has 0 aliphatic carbocycles. The molecule has 0 aliphatic rings. The van der Waals surface area contributed by atoms with Gasteiger partial charge >= 0.3 is 0 Å². The van der Waals surface area contributed by atoms with Gasteiger partial charge in [0.05, 0.1) is 0 Å². The quantitative estimate of drug-likeness (QED) is 0.623. The highest BCUT2D eigenvalue weighted by molar-refractivity contribution is 5.39. The van der Waals surface area contributed by atoms with Gasteiger partial charge in [0.15, 0.2) is 0 Å². The van der Waals surface area contributed by atoms with Crippen LogP contribution < -0.4 is 0 Å². The van der Waals surface area contributed by atoms with Gasteiger partial charge in [0.1, 0.15) is 5.75 Å². The van der Waals surface area contributed by atoms with Crippen LogP contribution in [0.3, 0.4) is 0 Å². The number of phenols is 1. The summed E-state index contributed by atoms with van der Waals surface area (Å²) < 4.78 is 0. The van der Waals surface area contributed by atoms with Gasteiger partial charge in [-0.3, -0.25) is 0 Å². The van der Waals surface area contributed by atoms with Crippen LogP contribution in [0, 0.1) is 13.0 Å². The molecule has 1 aromatic rings. The van der Waals surface area contributed by atoms with E-state index >= 15 is 0 Å². The van der Waals surface area contributed by atoms with Crippen molar-refractivity contribution in [2.24, 2.45) is 0 Å². The summed E-state index contributed by atoms with van der Waals surface area (Å²) >= 11 is 0. The van der Waals surface area contributed by atoms with Crippen LogP contribution in [0.5, 0.6) is 5.75 Å². The lowest BCUT2D eigenvalue weighted by Gasteiger charge is -2.20. The summed E-state index contributed by atoms with van der Waals surface area (Å²) in [5, 5.41) is 9.52. The average Bonchev–Trinajstić information content (AvgIpc) is 1.92. The van der Waals surface area contributed by atoms with Crippen LogP contribution >= 0.6 is 0 Å². The van der Waals surface area contributed by atoms with Gasteiger partial charge in [0.25, 0.3) is 0 Å². The molecule has 0 aliphatic heterocycles. The number of hydrogen-bond acceptors (Lipinski definition) is 1. The fraction of sp³-hybridized carbons (Fsp3) is 0.455. The second kappa shape index (κ2) is 2.81. The van der Waals surface area contributed by atoms with Crippen molar-refractivity contribution in [1.29, 1.82) is 0 Å². The van der Waals surface area contributed by atoms with E-state index in [2.05, 4.69) is 26.8 Å². The molecule has 1 radical (unpaired) electrons. The maximum atomic E-state index is 9.52. The second-order valence-electron chi connectivity index (χ2n) is 4.19. The summed E-state index contributed by atoms with van der Waals surface area (Å²) in [6.07, 6.45) is 0. The molecule has 0 unspecified atom stereocenters. The van der Waals surface area contributed by atoms with Crippen molar-refractivity contribution in [2.75, 3.05) is 0 Å². The van der Waals surface area contributed by atoms with Crippen molar-refractivity contribution < 1.29 is 5.11 Å². The first kappa shape index (κ1) is 9.11. The smallest absolute Gasteiger partial charge is 0.127 e. The number of phenolic OH excluding ortho intramolecular Hbond substituents is 1. The van der Waals surface area contributed by atoms with Gasteiger partial charge in [0.2, 0.25) is 0 Å². The molecule has 12 heavy (non-hydrogen) atoms. The van der Waals surface area contributed by atoms with Gasteiger partial charge in [0, 0.05) is 11.6 Å². The maximum absolute atomic E-state index is 9.52. The summed E-state index contributed by atoms with van der Waals surface area (Å²) in [7, 11) is 0. The minimum absolute atomic E-state index is 0.00734. The van der Waals surface area contributed by atoms with Crippen molar-refractivity contribution in [3.63, 3.8) is 0 Å². The second-order valence-corrected chi connectivity index (χ2v) is 4.19. The zero-order valence-corrected chi connectivity index (χ0v) is 8.10. The van der Waals surface area contributed by atoms with Gasteiger partial charge < -0.3 is 5.11 Å². The molecular formula is C11H15O. The third kappa shape index (κ3) is 1.79. The van der Waals surface area contributed by atoms with Gasteiger partial charge in [-0.15, -0.1) is 0 Å². The Morgan fingerprint density at radius 1 is 1.33 bits per heavy atom. The summed E-state index contributed by atoms with van der Waals surface area (Å²) in [5.41, 5.74) is 2.09. The Labute approximate surface area is 74.1 Å². The van der Waals surface area contributed by atoms with Crippen molar-refractivity contribution in [3.8, 4) is 5.75 Å². The molecule has 0 heterocycles. The van der Waals surface area contributed by atoms with Crippen molar-refractivity contribution >= 4 is 0 Å². The number of benzene rings is 1. The average molecular weight is 163 g/mol. The van der Waals surface area contributed by atoms with E-state index in [0.29, 0.717) is 0 Å². The highest BCUT2D eigenvalue weighted by Crippen LogP contribution is 2.30. The molecule has 1 aromatic carbocycles. The molecule has 0 bridgehead atoms. The molecule has 0 fully saturated rings. The minimum Gasteiger partial charge on any atom is -0.507 e. The molecule has 0 spiro atoms. The molecule has 1 N–H and O–H groups in total. The molecule has 1 heteroatoms. The molecular weight excluding hydrogens is 148 g/mol. The molecule has 65 valence electrons. The SMILES string of the molecule is Cc1c[c]c(O)c(C(C)(C)C)c1. The topological polar surface area (TPSA) is 20.2 Å². The van der Waals surface area contributed by atoms with E-state index < -0.39 is 0 Å². The summed E-state index contributed by atoms with van der Waals surface area (Å²) in [6, 6.07) is 6.63. The Morgan fingerprint density at radius 2 is 1.92 bits per heavy atom. The van der Waals surface area contributed by atoms with Crippen LogP contribution in [-0.4, -0.2) is 5.11 Å². The molecule has 0 saturated carbocycles. The third-order valence-corrected chi connectivity index (χ3v) is 1.87. The van der Waals surface area contributed by atoms with Gasteiger partial charge in [-0.2, -0.15) is 0 Å². The van der Waals surface area contributed by atoms with E-state index in [4.69, 9.17) is 0 Å². The number of hydrogen-bond donors (Lipinski definition) is 1. The lowest BCUT2D eigenvalue weighted by atomic mass is 9.85. The Bertz CT molecular complexity index is 282. The molecule has 0 amide bonds. The molecule has 0 atom stereocenters. The van der Waals surface area contributed by atoms with Crippen molar-refractivity contribution in [2.45, 2.75) is 33.1 Å². The zero-order valence-electron chi connectivity index (χ0n) is 8.10. The first-order valence-corrected chi connectivity index (χ1v) is 4.13. The molecule has 1 rings (SSSR count). The first-order valence-electron chi connectivity index (χ1n) is 4.13. The summed E-state index contributed by atoms with van der Waals surface area (Å²) in [5.74, 6) is 0.271. The number of aromatic hydroxyl groups is 1. The van der Waals surface area contributed by atoms with Crippen LogP contribution in [0.25, 0.3) is 0 Å². The van der Waals surface area contributed by atoms with E-state index in [9.17, 15) is 5.11 Å². The third-order valence-electron chi connectivity index (χ3n) is 1.87. The van der Waals surface area contributed by atoms with Crippen LogP contribution in [-0.2, 0) is 5.41 Å². The predicted molar refractivity (Wildman–Crippen MR) is 50.4 cm³/mol. The number of rotatable bonds is 0. The van der Waals surface area contributed by atoms with Gasteiger partial charge in [-0.25, -0.2) is 0 Å². The fourth-order valence-electron chi connectivity index (χ4n) is 1.17. The van der Waals surface area contributed by atoms with E-state index in [0.717, 1.165) is 11.1 Å². The minimum atomic E-state index is -0.00734.